The minimum Gasteiger partial charge on any atom is -0.450 e. The molecular formula is C18H23N3O6S. The van der Waals surface area contributed by atoms with E-state index in [9.17, 15) is 18.0 Å². The molecule has 0 saturated heterocycles. The maximum atomic E-state index is 12.8. The van der Waals surface area contributed by atoms with E-state index in [1.807, 2.05) is 0 Å². The van der Waals surface area contributed by atoms with Crippen molar-refractivity contribution in [2.45, 2.75) is 32.6 Å². The average molecular weight is 409 g/mol. The maximum absolute atomic E-state index is 12.8. The Bertz CT molecular complexity index is 963. The lowest BCUT2D eigenvalue weighted by Crippen LogP contribution is -2.31. The van der Waals surface area contributed by atoms with Gasteiger partial charge in [-0.2, -0.15) is 4.31 Å². The summed E-state index contributed by atoms with van der Waals surface area (Å²) in [7, 11) is -3.67. The second-order valence-electron chi connectivity index (χ2n) is 6.03. The molecule has 28 heavy (non-hydrogen) atoms. The Kier molecular flexibility index (Phi) is 6.92. The van der Waals surface area contributed by atoms with E-state index in [0.29, 0.717) is 24.3 Å². The van der Waals surface area contributed by atoms with Gasteiger partial charge in [-0.1, -0.05) is 25.1 Å². The Morgan fingerprint density at radius 2 is 1.86 bits per heavy atom. The lowest BCUT2D eigenvalue weighted by molar-refractivity contribution is -0.119. The van der Waals surface area contributed by atoms with Crippen LogP contribution in [-0.4, -0.2) is 49.5 Å². The number of carbonyl (C=O) groups is 2. The number of rotatable bonds is 8. The quantitative estimate of drug-likeness (QED) is 0.663. The predicted molar refractivity (Wildman–Crippen MR) is 101 cm³/mol. The second kappa shape index (κ2) is 8.98. The number of amides is 1. The SMILES string of the molecule is CCN(CC)S(=O)(=O)c1cc(NC(=O)COC(=O)c2cc(C)no2)ccc1C. The van der Waals surface area contributed by atoms with Crippen molar-refractivity contribution in [2.24, 2.45) is 0 Å². The minimum atomic E-state index is -3.67. The summed E-state index contributed by atoms with van der Waals surface area (Å²) in [5, 5.41) is 6.09. The number of anilines is 1. The summed E-state index contributed by atoms with van der Waals surface area (Å²) in [5.74, 6) is -1.53. The Labute approximate surface area is 163 Å². The number of esters is 1. The highest BCUT2D eigenvalue weighted by molar-refractivity contribution is 7.89. The van der Waals surface area contributed by atoms with Gasteiger partial charge in [0.05, 0.1) is 10.6 Å². The lowest BCUT2D eigenvalue weighted by Gasteiger charge is -2.20. The van der Waals surface area contributed by atoms with Gasteiger partial charge in [-0.15, -0.1) is 0 Å². The summed E-state index contributed by atoms with van der Waals surface area (Å²) in [6.07, 6.45) is 0. The van der Waals surface area contributed by atoms with E-state index in [1.54, 1.807) is 39.8 Å². The van der Waals surface area contributed by atoms with Gasteiger partial charge in [-0.3, -0.25) is 4.79 Å². The third-order valence-corrected chi connectivity index (χ3v) is 6.15. The Balaban J connectivity index is 2.08. The van der Waals surface area contributed by atoms with Crippen molar-refractivity contribution >= 4 is 27.6 Å². The number of hydrogen-bond donors (Lipinski definition) is 1. The molecule has 1 N–H and O–H groups in total. The molecule has 10 heteroatoms. The molecule has 0 unspecified atom stereocenters. The molecule has 0 aliphatic carbocycles. The average Bonchev–Trinajstić information content (AvgIpc) is 3.08. The monoisotopic (exact) mass is 409 g/mol. The molecule has 2 rings (SSSR count). The van der Waals surface area contributed by atoms with Crippen LogP contribution < -0.4 is 5.32 Å². The summed E-state index contributed by atoms with van der Waals surface area (Å²) in [4.78, 5) is 23.9. The maximum Gasteiger partial charge on any atom is 0.377 e. The van der Waals surface area contributed by atoms with E-state index in [1.165, 1.54) is 16.4 Å². The number of aryl methyl sites for hydroxylation is 2. The predicted octanol–water partition coefficient (Wildman–Crippen LogP) is 2.12. The van der Waals surface area contributed by atoms with Crippen LogP contribution in [0.4, 0.5) is 5.69 Å². The van der Waals surface area contributed by atoms with Crippen molar-refractivity contribution in [2.75, 3.05) is 25.0 Å². The second-order valence-corrected chi connectivity index (χ2v) is 7.93. The van der Waals surface area contributed by atoms with Crippen LogP contribution in [0.3, 0.4) is 0 Å². The van der Waals surface area contributed by atoms with E-state index < -0.39 is 28.5 Å². The summed E-state index contributed by atoms with van der Waals surface area (Å²) in [5.41, 5.74) is 1.36. The molecule has 0 radical (unpaired) electrons. The first-order chi connectivity index (χ1) is 13.2. The third-order valence-electron chi connectivity index (χ3n) is 3.96. The topological polar surface area (TPSA) is 119 Å². The first-order valence-electron chi connectivity index (χ1n) is 8.70. The third kappa shape index (κ3) is 4.96. The van der Waals surface area contributed by atoms with E-state index in [-0.39, 0.29) is 16.3 Å². The zero-order chi connectivity index (χ0) is 20.9. The zero-order valence-electron chi connectivity index (χ0n) is 16.2. The molecule has 9 nitrogen and oxygen atoms in total. The number of hydrogen-bond acceptors (Lipinski definition) is 7. The molecule has 2 aromatic rings. The van der Waals surface area contributed by atoms with Crippen molar-refractivity contribution in [3.8, 4) is 0 Å². The molecule has 1 amide bonds. The largest absolute Gasteiger partial charge is 0.450 e. The number of ether oxygens (including phenoxy) is 1. The van der Waals surface area contributed by atoms with Crippen LogP contribution in [0.15, 0.2) is 33.7 Å². The summed E-state index contributed by atoms with van der Waals surface area (Å²) in [6.45, 7) is 6.97. The zero-order valence-corrected chi connectivity index (χ0v) is 17.0. The standard InChI is InChI=1S/C18H23N3O6S/c1-5-21(6-2)28(24,25)16-10-14(8-7-12(16)3)19-17(22)11-26-18(23)15-9-13(4)20-27-15/h7-10H,5-6,11H2,1-4H3,(H,19,22). The molecule has 0 aliphatic rings. The van der Waals surface area contributed by atoms with E-state index in [0.717, 1.165) is 0 Å². The number of nitrogens with one attached hydrogen (secondary N) is 1. The first kappa shape index (κ1) is 21.6. The highest BCUT2D eigenvalue weighted by Gasteiger charge is 2.24. The van der Waals surface area contributed by atoms with E-state index in [2.05, 4.69) is 10.5 Å². The molecule has 152 valence electrons. The molecular weight excluding hydrogens is 386 g/mol. The number of sulfonamides is 1. The van der Waals surface area contributed by atoms with Crippen LogP contribution >= 0.6 is 0 Å². The van der Waals surface area contributed by atoms with Gasteiger partial charge in [0.15, 0.2) is 6.61 Å². The molecule has 0 atom stereocenters. The van der Waals surface area contributed by atoms with Gasteiger partial charge in [-0.25, -0.2) is 13.2 Å². The van der Waals surface area contributed by atoms with Gasteiger partial charge < -0.3 is 14.6 Å². The van der Waals surface area contributed by atoms with Crippen molar-refractivity contribution in [1.82, 2.24) is 9.46 Å². The van der Waals surface area contributed by atoms with Gasteiger partial charge in [0, 0.05) is 24.8 Å². The van der Waals surface area contributed by atoms with Crippen molar-refractivity contribution < 1.29 is 27.3 Å². The lowest BCUT2D eigenvalue weighted by atomic mass is 10.2. The van der Waals surface area contributed by atoms with E-state index >= 15 is 0 Å². The Morgan fingerprint density at radius 3 is 2.43 bits per heavy atom. The van der Waals surface area contributed by atoms with Crippen molar-refractivity contribution in [3.05, 3.63) is 41.3 Å². The number of aromatic nitrogens is 1. The van der Waals surface area contributed by atoms with Crippen LogP contribution in [0.2, 0.25) is 0 Å². The molecule has 0 bridgehead atoms. The van der Waals surface area contributed by atoms with Gasteiger partial charge >= 0.3 is 5.97 Å². The van der Waals surface area contributed by atoms with E-state index in [4.69, 9.17) is 9.26 Å². The molecule has 1 aromatic carbocycles. The van der Waals surface area contributed by atoms with Gasteiger partial charge in [0.25, 0.3) is 5.91 Å². The molecule has 1 heterocycles. The van der Waals surface area contributed by atoms with Crippen LogP contribution in [0, 0.1) is 13.8 Å². The van der Waals surface area contributed by atoms with Crippen LogP contribution in [0.1, 0.15) is 35.7 Å². The summed E-state index contributed by atoms with van der Waals surface area (Å²) < 4.78 is 36.5. The molecule has 1 aromatic heterocycles. The first-order valence-corrected chi connectivity index (χ1v) is 10.1. The number of benzene rings is 1. The van der Waals surface area contributed by atoms with Gasteiger partial charge in [0.2, 0.25) is 15.8 Å². The Morgan fingerprint density at radius 1 is 1.18 bits per heavy atom. The fraction of sp³-hybridized carbons (Fsp3) is 0.389. The van der Waals surface area contributed by atoms with Crippen LogP contribution in [-0.2, 0) is 19.6 Å². The van der Waals surface area contributed by atoms with Gasteiger partial charge in [0.1, 0.15) is 0 Å². The van der Waals surface area contributed by atoms with Crippen LogP contribution in [0.5, 0.6) is 0 Å². The Hall–Kier alpha value is -2.72. The molecule has 0 fully saturated rings. The highest BCUT2D eigenvalue weighted by Crippen LogP contribution is 2.23. The molecule has 0 spiro atoms. The van der Waals surface area contributed by atoms with Crippen molar-refractivity contribution in [1.29, 1.82) is 0 Å². The summed E-state index contributed by atoms with van der Waals surface area (Å²) >= 11 is 0. The highest BCUT2D eigenvalue weighted by atomic mass is 32.2. The molecule has 0 aliphatic heterocycles. The van der Waals surface area contributed by atoms with Crippen molar-refractivity contribution in [3.63, 3.8) is 0 Å². The minimum absolute atomic E-state index is 0.103. The fourth-order valence-corrected chi connectivity index (χ4v) is 4.23. The fourth-order valence-electron chi connectivity index (χ4n) is 2.52. The normalized spacial score (nSPS) is 11.5. The smallest absolute Gasteiger partial charge is 0.377 e. The molecule has 0 saturated carbocycles. The van der Waals surface area contributed by atoms with Crippen LogP contribution in [0.25, 0.3) is 0 Å². The summed E-state index contributed by atoms with van der Waals surface area (Å²) in [6, 6.07) is 5.97. The number of carbonyl (C=O) groups excluding carboxylic acids is 2. The van der Waals surface area contributed by atoms with Gasteiger partial charge in [-0.05, 0) is 31.5 Å². The number of nitrogens with zero attached hydrogens (tertiary/aromatic N) is 2.